The number of carbonyl (C=O) groups excluding carboxylic acids is 2. The van der Waals surface area contributed by atoms with Crippen molar-refractivity contribution < 1.29 is 37.4 Å². The van der Waals surface area contributed by atoms with Gasteiger partial charge in [0, 0.05) is 11.1 Å². The van der Waals surface area contributed by atoms with Gasteiger partial charge in [-0.05, 0) is 56.5 Å². The number of hydrogen-bond acceptors (Lipinski definition) is 7. The molecule has 0 spiro atoms. The lowest BCUT2D eigenvalue weighted by atomic mass is 9.99. The van der Waals surface area contributed by atoms with Crippen molar-refractivity contribution in [1.82, 2.24) is 0 Å². The van der Waals surface area contributed by atoms with Gasteiger partial charge in [0.05, 0.1) is 29.9 Å². The molecule has 4 rings (SSSR count). The number of carbonyl (C=O) groups is 2. The third-order valence-electron chi connectivity index (χ3n) is 5.52. The smallest absolute Gasteiger partial charge is 0.338 e. The Balaban J connectivity index is 1.75. The van der Waals surface area contributed by atoms with Crippen LogP contribution < -0.4 is 14.2 Å². The minimum Gasteiger partial charge on any atom is -0.493 e. The minimum absolute atomic E-state index is 0.0113. The molecule has 0 bridgehead atoms. The quantitative estimate of drug-likeness (QED) is 0.583. The standard InChI is InChI=1S/C24H26O7/c1-14(2)31-23(26)24(9-10-24)13-30-20-17(7-8-19(27-3)21(20)28-4)15-5-6-18-16(11-15)12-29-22(18)25/h5-8,11,14H,9-10,12-13H2,1-4H3/i4D3. The third kappa shape index (κ3) is 3.92. The molecular weight excluding hydrogens is 400 g/mol. The van der Waals surface area contributed by atoms with Gasteiger partial charge in [0.1, 0.15) is 18.6 Å². The van der Waals surface area contributed by atoms with E-state index < -0.39 is 18.4 Å². The molecule has 0 aromatic heterocycles. The molecule has 164 valence electrons. The number of esters is 2. The fourth-order valence-electron chi connectivity index (χ4n) is 3.58. The van der Waals surface area contributed by atoms with E-state index in [9.17, 15) is 9.59 Å². The molecule has 0 atom stereocenters. The van der Waals surface area contributed by atoms with Crippen molar-refractivity contribution in [3.63, 3.8) is 0 Å². The molecule has 1 aliphatic heterocycles. The van der Waals surface area contributed by atoms with Crippen LogP contribution in [0.4, 0.5) is 0 Å². The Labute approximate surface area is 185 Å². The predicted octanol–water partition coefficient (Wildman–Crippen LogP) is 4.15. The molecule has 0 saturated heterocycles. The van der Waals surface area contributed by atoms with E-state index in [4.69, 9.17) is 27.8 Å². The Bertz CT molecular complexity index is 1120. The number of cyclic esters (lactones) is 1. The summed E-state index contributed by atoms with van der Waals surface area (Å²) >= 11 is 0. The van der Waals surface area contributed by atoms with Gasteiger partial charge in [-0.15, -0.1) is 0 Å². The first-order valence-electron chi connectivity index (χ1n) is 11.6. The molecule has 2 aliphatic rings. The Morgan fingerprint density at radius 2 is 1.94 bits per heavy atom. The molecule has 2 aromatic rings. The van der Waals surface area contributed by atoms with E-state index >= 15 is 0 Å². The Morgan fingerprint density at radius 3 is 2.61 bits per heavy atom. The second kappa shape index (κ2) is 8.13. The van der Waals surface area contributed by atoms with Gasteiger partial charge in [0.25, 0.3) is 0 Å². The van der Waals surface area contributed by atoms with Crippen LogP contribution >= 0.6 is 0 Å². The van der Waals surface area contributed by atoms with Crippen LogP contribution in [0.5, 0.6) is 17.2 Å². The van der Waals surface area contributed by atoms with Gasteiger partial charge < -0.3 is 23.7 Å². The number of methoxy groups -OCH3 is 2. The predicted molar refractivity (Wildman–Crippen MR) is 112 cm³/mol. The Kier molecular flexibility index (Phi) is 4.58. The fraction of sp³-hybridized carbons (Fsp3) is 0.417. The van der Waals surface area contributed by atoms with Crippen LogP contribution in [-0.4, -0.2) is 38.8 Å². The van der Waals surface area contributed by atoms with Crippen LogP contribution in [0.3, 0.4) is 0 Å². The van der Waals surface area contributed by atoms with Crippen molar-refractivity contribution in [2.75, 3.05) is 20.8 Å². The second-order valence-corrected chi connectivity index (χ2v) is 8.05. The van der Waals surface area contributed by atoms with Crippen LogP contribution in [0.2, 0.25) is 0 Å². The molecule has 1 saturated carbocycles. The third-order valence-corrected chi connectivity index (χ3v) is 5.52. The lowest BCUT2D eigenvalue weighted by Gasteiger charge is -2.21. The average Bonchev–Trinajstić information content (AvgIpc) is 3.47. The highest BCUT2D eigenvalue weighted by Gasteiger charge is 2.53. The summed E-state index contributed by atoms with van der Waals surface area (Å²) in [6, 6.07) is 8.46. The lowest BCUT2D eigenvalue weighted by Crippen LogP contribution is -2.28. The highest BCUT2D eigenvalue weighted by Crippen LogP contribution is 2.50. The maximum absolute atomic E-state index is 12.6. The van der Waals surface area contributed by atoms with Gasteiger partial charge in [-0.3, -0.25) is 4.79 Å². The number of rotatable bonds is 8. The summed E-state index contributed by atoms with van der Waals surface area (Å²) in [6.45, 7) is 3.69. The number of benzene rings is 2. The molecule has 7 nitrogen and oxygen atoms in total. The number of ether oxygens (including phenoxy) is 5. The summed E-state index contributed by atoms with van der Waals surface area (Å²) in [6.07, 6.45) is 0.945. The lowest BCUT2D eigenvalue weighted by molar-refractivity contribution is -0.155. The van der Waals surface area contributed by atoms with Crippen LogP contribution in [-0.2, 0) is 20.9 Å². The SMILES string of the molecule is [2H]C([2H])([2H])Oc1c(OC)ccc(-c2ccc3c(c2)COC3=O)c1OCC1(C(=O)OC(C)C)CC1. The Hall–Kier alpha value is -3.22. The van der Waals surface area contributed by atoms with Crippen molar-refractivity contribution in [3.05, 3.63) is 41.5 Å². The van der Waals surface area contributed by atoms with Gasteiger partial charge >= 0.3 is 11.9 Å². The summed E-state index contributed by atoms with van der Waals surface area (Å²) in [5.74, 6) is -0.536. The zero-order valence-corrected chi connectivity index (χ0v) is 17.7. The molecule has 1 aliphatic carbocycles. The summed E-state index contributed by atoms with van der Waals surface area (Å²) in [5.41, 5.74) is 1.59. The van der Waals surface area contributed by atoms with Crippen LogP contribution in [0.15, 0.2) is 30.3 Å². The van der Waals surface area contributed by atoms with Crippen molar-refractivity contribution in [2.45, 2.75) is 39.4 Å². The molecule has 1 fully saturated rings. The van der Waals surface area contributed by atoms with E-state index in [0.29, 0.717) is 35.1 Å². The van der Waals surface area contributed by atoms with Gasteiger partial charge in [0.15, 0.2) is 11.5 Å². The highest BCUT2D eigenvalue weighted by atomic mass is 16.6. The summed E-state index contributed by atoms with van der Waals surface area (Å²) in [5, 5.41) is 0. The highest BCUT2D eigenvalue weighted by molar-refractivity contribution is 5.94. The largest absolute Gasteiger partial charge is 0.493 e. The van der Waals surface area contributed by atoms with Crippen LogP contribution in [0.1, 0.15) is 46.7 Å². The molecule has 2 aromatic carbocycles. The zero-order valence-electron chi connectivity index (χ0n) is 20.7. The van der Waals surface area contributed by atoms with E-state index in [0.717, 1.165) is 0 Å². The summed E-state index contributed by atoms with van der Waals surface area (Å²) < 4.78 is 50.1. The Morgan fingerprint density at radius 1 is 1.16 bits per heavy atom. The second-order valence-electron chi connectivity index (χ2n) is 8.05. The molecule has 1 heterocycles. The van der Waals surface area contributed by atoms with Gasteiger partial charge in [-0.2, -0.15) is 0 Å². The van der Waals surface area contributed by atoms with E-state index in [1.807, 2.05) is 0 Å². The van der Waals surface area contributed by atoms with Crippen molar-refractivity contribution in [2.24, 2.45) is 5.41 Å². The van der Waals surface area contributed by atoms with Gasteiger partial charge in [-0.25, -0.2) is 4.79 Å². The maximum atomic E-state index is 12.6. The van der Waals surface area contributed by atoms with Gasteiger partial charge in [-0.1, -0.05) is 6.07 Å². The van der Waals surface area contributed by atoms with Gasteiger partial charge in [0.2, 0.25) is 5.75 Å². The summed E-state index contributed by atoms with van der Waals surface area (Å²) in [7, 11) is -1.37. The topological polar surface area (TPSA) is 80.3 Å². The fourth-order valence-corrected chi connectivity index (χ4v) is 3.58. The summed E-state index contributed by atoms with van der Waals surface area (Å²) in [4.78, 5) is 24.5. The zero-order chi connectivity index (χ0) is 24.7. The molecule has 31 heavy (non-hydrogen) atoms. The minimum atomic E-state index is -2.77. The first-order valence-corrected chi connectivity index (χ1v) is 10.1. The monoisotopic (exact) mass is 429 g/mol. The molecular formula is C24H26O7. The van der Waals surface area contributed by atoms with Crippen molar-refractivity contribution in [1.29, 1.82) is 0 Å². The number of hydrogen-bond donors (Lipinski definition) is 0. The van der Waals surface area contributed by atoms with E-state index in [1.54, 1.807) is 44.2 Å². The first-order chi connectivity index (χ1) is 16.0. The van der Waals surface area contributed by atoms with Crippen molar-refractivity contribution >= 4 is 11.9 Å². The van der Waals surface area contributed by atoms with E-state index in [2.05, 4.69) is 0 Å². The van der Waals surface area contributed by atoms with Crippen LogP contribution in [0.25, 0.3) is 11.1 Å². The molecule has 0 unspecified atom stereocenters. The normalized spacial score (nSPS) is 17.7. The maximum Gasteiger partial charge on any atom is 0.338 e. The molecule has 0 N–H and O–H groups in total. The average molecular weight is 429 g/mol. The molecule has 0 amide bonds. The van der Waals surface area contributed by atoms with E-state index in [1.165, 1.54) is 7.11 Å². The number of fused-ring (bicyclic) bond motifs is 1. The van der Waals surface area contributed by atoms with E-state index in [-0.39, 0.29) is 42.5 Å². The van der Waals surface area contributed by atoms with Crippen LogP contribution in [0, 0.1) is 5.41 Å². The first kappa shape index (κ1) is 17.5. The molecule has 0 radical (unpaired) electrons. The van der Waals surface area contributed by atoms with Crippen molar-refractivity contribution in [3.8, 4) is 28.4 Å². The molecule has 7 heteroatoms.